The van der Waals surface area contributed by atoms with Gasteiger partial charge in [-0.2, -0.15) is 0 Å². The molecule has 0 saturated carbocycles. The van der Waals surface area contributed by atoms with Gasteiger partial charge in [0.15, 0.2) is 6.61 Å². The summed E-state index contributed by atoms with van der Waals surface area (Å²) in [5.41, 5.74) is 6.07. The quantitative estimate of drug-likeness (QED) is 0.745. The SMILES string of the molecule is CCCCC(C)Nc1ccc(OCC(N)=O)cc1. The van der Waals surface area contributed by atoms with E-state index in [2.05, 4.69) is 19.2 Å². The first-order chi connectivity index (χ1) is 8.61. The minimum atomic E-state index is -0.467. The fourth-order valence-corrected chi connectivity index (χ4v) is 1.67. The van der Waals surface area contributed by atoms with E-state index in [1.807, 2.05) is 24.3 Å². The van der Waals surface area contributed by atoms with Crippen LogP contribution >= 0.6 is 0 Å². The number of ether oxygens (including phenoxy) is 1. The summed E-state index contributed by atoms with van der Waals surface area (Å²) in [5, 5.41) is 3.42. The number of nitrogens with two attached hydrogens (primary N) is 1. The van der Waals surface area contributed by atoms with Gasteiger partial charge in [-0.05, 0) is 37.6 Å². The van der Waals surface area contributed by atoms with Crippen molar-refractivity contribution in [1.82, 2.24) is 0 Å². The van der Waals surface area contributed by atoms with E-state index in [0.29, 0.717) is 11.8 Å². The van der Waals surface area contributed by atoms with Gasteiger partial charge in [0.05, 0.1) is 0 Å². The number of nitrogens with one attached hydrogen (secondary N) is 1. The number of benzene rings is 1. The molecule has 0 fully saturated rings. The molecule has 18 heavy (non-hydrogen) atoms. The highest BCUT2D eigenvalue weighted by molar-refractivity contribution is 5.75. The maximum absolute atomic E-state index is 10.6. The number of amides is 1. The van der Waals surface area contributed by atoms with Crippen LogP contribution in [0, 0.1) is 0 Å². The van der Waals surface area contributed by atoms with Gasteiger partial charge in [-0.25, -0.2) is 0 Å². The predicted octanol–water partition coefficient (Wildman–Crippen LogP) is 2.54. The molecule has 0 aliphatic heterocycles. The Morgan fingerprint density at radius 2 is 2.06 bits per heavy atom. The monoisotopic (exact) mass is 250 g/mol. The first-order valence-electron chi connectivity index (χ1n) is 6.39. The van der Waals surface area contributed by atoms with Crippen molar-refractivity contribution in [3.8, 4) is 5.75 Å². The van der Waals surface area contributed by atoms with Crippen LogP contribution in [0.5, 0.6) is 5.75 Å². The summed E-state index contributed by atoms with van der Waals surface area (Å²) in [7, 11) is 0. The second-order valence-corrected chi connectivity index (χ2v) is 4.47. The lowest BCUT2D eigenvalue weighted by molar-refractivity contribution is -0.119. The highest BCUT2D eigenvalue weighted by Crippen LogP contribution is 2.17. The Kier molecular flexibility index (Phi) is 6.05. The number of anilines is 1. The third-order valence-corrected chi connectivity index (χ3v) is 2.64. The molecule has 0 saturated heterocycles. The van der Waals surface area contributed by atoms with Crippen LogP contribution in [-0.2, 0) is 4.79 Å². The lowest BCUT2D eigenvalue weighted by atomic mass is 10.1. The fourth-order valence-electron chi connectivity index (χ4n) is 1.67. The van der Waals surface area contributed by atoms with E-state index in [0.717, 1.165) is 12.1 Å². The average molecular weight is 250 g/mol. The molecule has 0 spiro atoms. The van der Waals surface area contributed by atoms with Crippen LogP contribution in [0.4, 0.5) is 5.69 Å². The number of unbranched alkanes of at least 4 members (excludes halogenated alkanes) is 1. The van der Waals surface area contributed by atoms with Crippen molar-refractivity contribution in [2.24, 2.45) is 5.73 Å². The predicted molar refractivity (Wildman–Crippen MR) is 73.7 cm³/mol. The number of carbonyl (C=O) groups excluding carboxylic acids is 1. The smallest absolute Gasteiger partial charge is 0.255 e. The summed E-state index contributed by atoms with van der Waals surface area (Å²) < 4.78 is 5.19. The summed E-state index contributed by atoms with van der Waals surface area (Å²) >= 11 is 0. The maximum atomic E-state index is 10.6. The largest absolute Gasteiger partial charge is 0.484 e. The minimum Gasteiger partial charge on any atom is -0.484 e. The second kappa shape index (κ2) is 7.58. The zero-order chi connectivity index (χ0) is 13.4. The van der Waals surface area contributed by atoms with Gasteiger partial charge in [0.2, 0.25) is 0 Å². The van der Waals surface area contributed by atoms with E-state index in [4.69, 9.17) is 10.5 Å². The summed E-state index contributed by atoms with van der Waals surface area (Å²) in [4.78, 5) is 10.6. The number of rotatable bonds is 8. The number of primary amides is 1. The molecule has 1 atom stereocenters. The topological polar surface area (TPSA) is 64.3 Å². The molecule has 0 bridgehead atoms. The van der Waals surface area contributed by atoms with Gasteiger partial charge in [-0.1, -0.05) is 19.8 Å². The van der Waals surface area contributed by atoms with Crippen molar-refractivity contribution in [2.45, 2.75) is 39.2 Å². The van der Waals surface area contributed by atoms with Gasteiger partial charge in [0.25, 0.3) is 5.91 Å². The van der Waals surface area contributed by atoms with E-state index >= 15 is 0 Å². The van der Waals surface area contributed by atoms with Crippen LogP contribution in [0.15, 0.2) is 24.3 Å². The van der Waals surface area contributed by atoms with Gasteiger partial charge in [0, 0.05) is 11.7 Å². The van der Waals surface area contributed by atoms with Gasteiger partial charge in [-0.15, -0.1) is 0 Å². The van der Waals surface area contributed by atoms with Crippen LogP contribution in [0.3, 0.4) is 0 Å². The Balaban J connectivity index is 2.42. The molecular formula is C14H22N2O2. The molecule has 0 heterocycles. The van der Waals surface area contributed by atoms with Crippen LogP contribution < -0.4 is 15.8 Å². The molecule has 0 aliphatic carbocycles. The highest BCUT2D eigenvalue weighted by Gasteiger charge is 2.02. The van der Waals surface area contributed by atoms with Gasteiger partial charge < -0.3 is 15.8 Å². The van der Waals surface area contributed by atoms with Gasteiger partial charge >= 0.3 is 0 Å². The molecule has 4 heteroatoms. The van der Waals surface area contributed by atoms with Crippen LogP contribution in [0.2, 0.25) is 0 Å². The van der Waals surface area contributed by atoms with Crippen molar-refractivity contribution in [3.05, 3.63) is 24.3 Å². The summed E-state index contributed by atoms with van der Waals surface area (Å²) in [5.74, 6) is 0.186. The molecule has 1 aromatic rings. The van der Waals surface area contributed by atoms with Crippen molar-refractivity contribution < 1.29 is 9.53 Å². The van der Waals surface area contributed by atoms with E-state index in [-0.39, 0.29) is 6.61 Å². The second-order valence-electron chi connectivity index (χ2n) is 4.47. The van der Waals surface area contributed by atoms with E-state index < -0.39 is 5.91 Å². The van der Waals surface area contributed by atoms with Crippen molar-refractivity contribution in [3.63, 3.8) is 0 Å². The van der Waals surface area contributed by atoms with Crippen LogP contribution in [-0.4, -0.2) is 18.6 Å². The lowest BCUT2D eigenvalue weighted by Crippen LogP contribution is -2.20. The third kappa shape index (κ3) is 5.57. The molecule has 0 radical (unpaired) electrons. The standard InChI is InChI=1S/C14H22N2O2/c1-3-4-5-11(2)16-12-6-8-13(9-7-12)18-10-14(15)17/h6-9,11,16H,3-5,10H2,1-2H3,(H2,15,17). The van der Waals surface area contributed by atoms with Gasteiger partial charge in [0.1, 0.15) is 5.75 Å². The summed E-state index contributed by atoms with van der Waals surface area (Å²) in [6, 6.07) is 8.01. The Hall–Kier alpha value is -1.71. The molecule has 1 unspecified atom stereocenters. The zero-order valence-electron chi connectivity index (χ0n) is 11.1. The molecule has 0 aromatic heterocycles. The van der Waals surface area contributed by atoms with Crippen molar-refractivity contribution in [1.29, 1.82) is 0 Å². The van der Waals surface area contributed by atoms with Crippen molar-refractivity contribution >= 4 is 11.6 Å². The van der Waals surface area contributed by atoms with Gasteiger partial charge in [-0.3, -0.25) is 4.79 Å². The summed E-state index contributed by atoms with van der Waals surface area (Å²) in [6.07, 6.45) is 3.61. The number of carbonyl (C=O) groups is 1. The molecule has 100 valence electrons. The highest BCUT2D eigenvalue weighted by atomic mass is 16.5. The zero-order valence-corrected chi connectivity index (χ0v) is 11.1. The Labute approximate surface area is 109 Å². The first kappa shape index (κ1) is 14.4. The molecule has 1 rings (SSSR count). The molecule has 3 N–H and O–H groups in total. The normalized spacial score (nSPS) is 11.9. The summed E-state index contributed by atoms with van der Waals surface area (Å²) in [6.45, 7) is 4.28. The maximum Gasteiger partial charge on any atom is 0.255 e. The minimum absolute atomic E-state index is 0.0837. The molecule has 1 amide bonds. The van der Waals surface area contributed by atoms with Crippen molar-refractivity contribution in [2.75, 3.05) is 11.9 Å². The van der Waals surface area contributed by atoms with E-state index in [1.165, 1.54) is 12.8 Å². The number of hydrogen-bond donors (Lipinski definition) is 2. The Morgan fingerprint density at radius 3 is 2.61 bits per heavy atom. The molecule has 4 nitrogen and oxygen atoms in total. The van der Waals surface area contributed by atoms with Crippen LogP contribution in [0.1, 0.15) is 33.1 Å². The molecule has 0 aliphatic rings. The molecular weight excluding hydrogens is 228 g/mol. The van der Waals surface area contributed by atoms with E-state index in [1.54, 1.807) is 0 Å². The lowest BCUT2D eigenvalue weighted by Gasteiger charge is -2.15. The first-order valence-corrected chi connectivity index (χ1v) is 6.39. The van der Waals surface area contributed by atoms with Crippen LogP contribution in [0.25, 0.3) is 0 Å². The Bertz CT molecular complexity index is 363. The Morgan fingerprint density at radius 1 is 1.39 bits per heavy atom. The average Bonchev–Trinajstić information content (AvgIpc) is 2.35. The third-order valence-electron chi connectivity index (χ3n) is 2.64. The van der Waals surface area contributed by atoms with E-state index in [9.17, 15) is 4.79 Å². The fraction of sp³-hybridized carbons (Fsp3) is 0.500. The number of hydrogen-bond acceptors (Lipinski definition) is 3. The molecule has 1 aromatic carbocycles.